The Hall–Kier alpha value is -1.40. The molecule has 4 nitrogen and oxygen atoms in total. The topological polar surface area (TPSA) is 35.9 Å². The molecule has 1 aliphatic heterocycles. The fraction of sp³-hybridized carbons (Fsp3) is 0.500. The van der Waals surface area contributed by atoms with Gasteiger partial charge in [0.15, 0.2) is 0 Å². The minimum absolute atomic E-state index is 0.241. The van der Waals surface area contributed by atoms with Gasteiger partial charge < -0.3 is 9.84 Å². The van der Waals surface area contributed by atoms with Crippen LogP contribution in [0.5, 0.6) is 5.75 Å². The lowest BCUT2D eigenvalue weighted by Gasteiger charge is -2.41. The van der Waals surface area contributed by atoms with Crippen LogP contribution in [-0.2, 0) is 13.1 Å². The van der Waals surface area contributed by atoms with Crippen LogP contribution in [0, 0.1) is 6.92 Å². The predicted molar refractivity (Wildman–Crippen MR) is 103 cm³/mol. The number of nitrogens with zero attached hydrogens (tertiary/aromatic N) is 2. The van der Waals surface area contributed by atoms with Crippen LogP contribution in [0.15, 0.2) is 36.4 Å². The van der Waals surface area contributed by atoms with Crippen molar-refractivity contribution in [1.82, 2.24) is 9.80 Å². The highest BCUT2D eigenvalue weighted by Gasteiger charge is 2.26. The second-order valence-corrected chi connectivity index (χ2v) is 8.11. The van der Waals surface area contributed by atoms with E-state index in [1.807, 2.05) is 23.5 Å². The van der Waals surface area contributed by atoms with Gasteiger partial charge in [-0.15, -0.1) is 11.3 Å². The summed E-state index contributed by atoms with van der Waals surface area (Å²) < 4.78 is 5.34. The molecule has 5 heteroatoms. The lowest BCUT2D eigenvalue weighted by molar-refractivity contribution is 0.0504. The van der Waals surface area contributed by atoms with Gasteiger partial charge in [-0.3, -0.25) is 9.80 Å². The molecule has 3 rings (SSSR count). The maximum Gasteiger partial charge on any atom is 0.119 e. The molecule has 2 aromatic rings. The summed E-state index contributed by atoms with van der Waals surface area (Å²) in [4.78, 5) is 7.83. The van der Waals surface area contributed by atoms with E-state index in [0.717, 1.165) is 44.9 Å². The van der Waals surface area contributed by atoms with Gasteiger partial charge >= 0.3 is 0 Å². The average molecular weight is 361 g/mol. The van der Waals surface area contributed by atoms with E-state index in [0.29, 0.717) is 6.04 Å². The minimum Gasteiger partial charge on any atom is -0.497 e. The zero-order valence-corrected chi connectivity index (χ0v) is 16.0. The standard InChI is InChI=1S/C20H28N2O2S/c1-16-6-7-20(25-16)15-21-9-10-22(18(14-21)8-11-23)13-17-4-3-5-19(12-17)24-2/h3-7,12,18,23H,8-11,13-15H2,1-2H3. The fourth-order valence-electron chi connectivity index (χ4n) is 3.53. The monoisotopic (exact) mass is 360 g/mol. The van der Waals surface area contributed by atoms with Crippen LogP contribution < -0.4 is 4.74 Å². The first-order valence-electron chi connectivity index (χ1n) is 8.93. The maximum atomic E-state index is 9.50. The first kappa shape index (κ1) is 18.4. The summed E-state index contributed by atoms with van der Waals surface area (Å²) in [5.41, 5.74) is 1.27. The van der Waals surface area contributed by atoms with E-state index in [-0.39, 0.29) is 6.61 Å². The summed E-state index contributed by atoms with van der Waals surface area (Å²) >= 11 is 1.88. The fourth-order valence-corrected chi connectivity index (χ4v) is 4.46. The van der Waals surface area contributed by atoms with Gasteiger partial charge in [-0.25, -0.2) is 0 Å². The minimum atomic E-state index is 0.241. The number of hydrogen-bond acceptors (Lipinski definition) is 5. The molecule has 1 aromatic carbocycles. The quantitative estimate of drug-likeness (QED) is 0.823. The summed E-state index contributed by atoms with van der Waals surface area (Å²) in [7, 11) is 1.71. The Bertz CT molecular complexity index is 673. The molecule has 0 aliphatic carbocycles. The Kier molecular flexibility index (Phi) is 6.48. The number of aryl methyl sites for hydroxylation is 1. The van der Waals surface area contributed by atoms with Crippen molar-refractivity contribution >= 4 is 11.3 Å². The van der Waals surface area contributed by atoms with Crippen molar-refractivity contribution in [3.8, 4) is 5.75 Å². The molecular weight excluding hydrogens is 332 g/mol. The SMILES string of the molecule is COc1cccc(CN2CCN(Cc3ccc(C)s3)CC2CCO)c1. The molecule has 1 atom stereocenters. The molecule has 1 aliphatic rings. The summed E-state index contributed by atoms with van der Waals surface area (Å²) in [5.74, 6) is 0.905. The van der Waals surface area contributed by atoms with E-state index in [2.05, 4.69) is 41.0 Å². The van der Waals surface area contributed by atoms with Crippen LogP contribution in [0.3, 0.4) is 0 Å². The van der Waals surface area contributed by atoms with Crippen LogP contribution in [-0.4, -0.2) is 54.3 Å². The van der Waals surface area contributed by atoms with Crippen molar-refractivity contribution < 1.29 is 9.84 Å². The van der Waals surface area contributed by atoms with E-state index in [1.54, 1.807) is 7.11 Å². The Balaban J connectivity index is 1.62. The normalized spacial score (nSPS) is 19.2. The van der Waals surface area contributed by atoms with Gasteiger partial charge in [0.05, 0.1) is 7.11 Å². The molecule has 1 N–H and O–H groups in total. The Labute approximate surface area is 154 Å². The molecule has 0 bridgehead atoms. The number of rotatable bonds is 7. The number of hydrogen-bond donors (Lipinski definition) is 1. The highest BCUT2D eigenvalue weighted by molar-refractivity contribution is 7.11. The third-order valence-corrected chi connectivity index (χ3v) is 5.83. The molecule has 136 valence electrons. The smallest absolute Gasteiger partial charge is 0.119 e. The van der Waals surface area contributed by atoms with Crippen molar-refractivity contribution in [3.63, 3.8) is 0 Å². The number of thiophene rings is 1. The van der Waals surface area contributed by atoms with Crippen LogP contribution >= 0.6 is 11.3 Å². The highest BCUT2D eigenvalue weighted by atomic mass is 32.1. The van der Waals surface area contributed by atoms with Gasteiger partial charge in [-0.1, -0.05) is 12.1 Å². The molecule has 0 spiro atoms. The van der Waals surface area contributed by atoms with Gasteiger partial charge in [0.25, 0.3) is 0 Å². The van der Waals surface area contributed by atoms with Gasteiger partial charge in [-0.05, 0) is 43.2 Å². The van der Waals surface area contributed by atoms with E-state index in [9.17, 15) is 5.11 Å². The molecule has 0 saturated carbocycles. The van der Waals surface area contributed by atoms with Crippen molar-refractivity contribution in [2.75, 3.05) is 33.4 Å². The van der Waals surface area contributed by atoms with Gasteiger partial charge in [0.1, 0.15) is 5.75 Å². The van der Waals surface area contributed by atoms with Crippen molar-refractivity contribution in [2.24, 2.45) is 0 Å². The predicted octanol–water partition coefficient (Wildman–Crippen LogP) is 3.13. The van der Waals surface area contributed by atoms with Crippen LogP contribution in [0.1, 0.15) is 21.7 Å². The van der Waals surface area contributed by atoms with Gasteiger partial charge in [0.2, 0.25) is 0 Å². The Morgan fingerprint density at radius 3 is 2.80 bits per heavy atom. The van der Waals surface area contributed by atoms with Crippen LogP contribution in [0.25, 0.3) is 0 Å². The molecule has 0 radical (unpaired) electrons. The summed E-state index contributed by atoms with van der Waals surface area (Å²) in [5, 5.41) is 9.50. The second kappa shape index (κ2) is 8.81. The third-order valence-electron chi connectivity index (χ3n) is 4.85. The number of aliphatic hydroxyl groups is 1. The van der Waals surface area contributed by atoms with E-state index in [4.69, 9.17) is 4.74 Å². The number of methoxy groups -OCH3 is 1. The molecule has 1 aromatic heterocycles. The first-order valence-corrected chi connectivity index (χ1v) is 9.75. The molecule has 0 amide bonds. The number of piperazine rings is 1. The van der Waals surface area contributed by atoms with E-state index < -0.39 is 0 Å². The molecule has 1 fully saturated rings. The van der Waals surface area contributed by atoms with E-state index in [1.165, 1.54) is 15.3 Å². The Morgan fingerprint density at radius 1 is 1.20 bits per heavy atom. The van der Waals surface area contributed by atoms with Crippen LogP contribution in [0.4, 0.5) is 0 Å². The van der Waals surface area contributed by atoms with E-state index >= 15 is 0 Å². The highest BCUT2D eigenvalue weighted by Crippen LogP contribution is 2.22. The average Bonchev–Trinajstić information content (AvgIpc) is 3.02. The first-order chi connectivity index (χ1) is 12.2. The molecule has 1 saturated heterocycles. The van der Waals surface area contributed by atoms with Gasteiger partial charge in [0, 0.05) is 55.1 Å². The number of benzene rings is 1. The zero-order valence-electron chi connectivity index (χ0n) is 15.1. The van der Waals surface area contributed by atoms with Crippen molar-refractivity contribution in [2.45, 2.75) is 32.5 Å². The van der Waals surface area contributed by atoms with Crippen molar-refractivity contribution in [1.29, 1.82) is 0 Å². The maximum absolute atomic E-state index is 9.50. The largest absolute Gasteiger partial charge is 0.497 e. The lowest BCUT2D eigenvalue weighted by Crippen LogP contribution is -2.52. The third kappa shape index (κ3) is 5.05. The number of ether oxygens (including phenoxy) is 1. The Morgan fingerprint density at radius 2 is 2.08 bits per heavy atom. The lowest BCUT2D eigenvalue weighted by atomic mass is 10.1. The summed E-state index contributed by atoms with van der Waals surface area (Å²) in [6.45, 7) is 7.46. The second-order valence-electron chi connectivity index (χ2n) is 6.74. The molecular formula is C20H28N2O2S. The zero-order chi connectivity index (χ0) is 17.6. The summed E-state index contributed by atoms with van der Waals surface area (Å²) in [6, 6.07) is 13.1. The van der Waals surface area contributed by atoms with Gasteiger partial charge in [-0.2, -0.15) is 0 Å². The molecule has 2 heterocycles. The molecule has 1 unspecified atom stereocenters. The summed E-state index contributed by atoms with van der Waals surface area (Å²) in [6.07, 6.45) is 0.823. The number of aliphatic hydroxyl groups excluding tert-OH is 1. The van der Waals surface area contributed by atoms with Crippen molar-refractivity contribution in [3.05, 3.63) is 51.7 Å². The van der Waals surface area contributed by atoms with Crippen LogP contribution in [0.2, 0.25) is 0 Å². The molecule has 25 heavy (non-hydrogen) atoms.